The molecule has 0 unspecified atom stereocenters. The number of nitrogen functional groups attached to an aromatic ring is 2. The summed E-state index contributed by atoms with van der Waals surface area (Å²) in [5, 5.41) is 4.05. The molecule has 4 N–H and O–H groups in total. The summed E-state index contributed by atoms with van der Waals surface area (Å²) >= 11 is 0. The number of halogens is 2. The van der Waals surface area contributed by atoms with Crippen molar-refractivity contribution in [1.29, 1.82) is 0 Å². The van der Waals surface area contributed by atoms with Crippen molar-refractivity contribution in [3.63, 3.8) is 0 Å². The Morgan fingerprint density at radius 1 is 0.933 bits per heavy atom. The minimum atomic E-state index is -0.914. The third-order valence-electron chi connectivity index (χ3n) is 4.32. The average Bonchev–Trinajstić information content (AvgIpc) is 3.18. The smallest absolute Gasteiger partial charge is 0.213 e. The van der Waals surface area contributed by atoms with Crippen molar-refractivity contribution < 1.29 is 18.0 Å². The topological polar surface area (TPSA) is 113 Å². The minimum Gasteiger partial charge on any atom is -0.473 e. The lowest BCUT2D eigenvalue weighted by Crippen LogP contribution is -1.99. The first-order chi connectivity index (χ1) is 14.5. The van der Waals surface area contributed by atoms with E-state index in [1.807, 2.05) is 6.07 Å². The highest BCUT2D eigenvalue weighted by Gasteiger charge is 2.12. The lowest BCUT2D eigenvalue weighted by molar-refractivity contribution is 0.292. The zero-order valence-corrected chi connectivity index (χ0v) is 15.7. The van der Waals surface area contributed by atoms with Crippen LogP contribution in [0.15, 0.2) is 59.3 Å². The third-order valence-corrected chi connectivity index (χ3v) is 4.32. The second-order valence-corrected chi connectivity index (χ2v) is 6.57. The van der Waals surface area contributed by atoms with Crippen LogP contribution < -0.4 is 16.2 Å². The van der Waals surface area contributed by atoms with E-state index in [9.17, 15) is 8.78 Å². The number of ether oxygens (including phenoxy) is 1. The molecule has 0 bridgehead atoms. The Hall–Kier alpha value is -4.01. The summed E-state index contributed by atoms with van der Waals surface area (Å²) in [7, 11) is 0. The van der Waals surface area contributed by atoms with Crippen molar-refractivity contribution in [3.05, 3.63) is 83.2 Å². The first-order valence-electron chi connectivity index (χ1n) is 8.97. The van der Waals surface area contributed by atoms with Gasteiger partial charge in [0.05, 0.1) is 11.3 Å². The fourth-order valence-electron chi connectivity index (χ4n) is 2.82. The van der Waals surface area contributed by atoms with Crippen molar-refractivity contribution in [3.8, 4) is 17.2 Å². The number of hydrogen-bond donors (Lipinski definition) is 2. The fraction of sp³-hybridized carbons (Fsp3) is 0.0952. The molecule has 0 radical (unpaired) electrons. The van der Waals surface area contributed by atoms with Crippen LogP contribution in [0.1, 0.15) is 16.8 Å². The Bertz CT molecular complexity index is 1180. The minimum absolute atomic E-state index is 0.0766. The van der Waals surface area contributed by atoms with Gasteiger partial charge < -0.3 is 20.7 Å². The average molecular weight is 409 g/mol. The molecular weight excluding hydrogens is 392 g/mol. The molecule has 0 saturated heterocycles. The van der Waals surface area contributed by atoms with Crippen LogP contribution in [0.3, 0.4) is 0 Å². The highest BCUT2D eigenvalue weighted by atomic mass is 19.2. The van der Waals surface area contributed by atoms with E-state index in [0.29, 0.717) is 40.7 Å². The Labute approximate surface area is 170 Å². The predicted molar refractivity (Wildman–Crippen MR) is 106 cm³/mol. The third kappa shape index (κ3) is 4.35. The molecule has 3 aromatic heterocycles. The summed E-state index contributed by atoms with van der Waals surface area (Å²) in [6.45, 7) is 0.0766. The Morgan fingerprint density at radius 3 is 2.50 bits per heavy atom. The van der Waals surface area contributed by atoms with E-state index < -0.39 is 11.6 Å². The lowest BCUT2D eigenvalue weighted by Gasteiger charge is -2.06. The summed E-state index contributed by atoms with van der Waals surface area (Å²) in [4.78, 5) is 8.23. The first-order valence-corrected chi connectivity index (χ1v) is 8.97. The van der Waals surface area contributed by atoms with Crippen LogP contribution >= 0.6 is 0 Å². The molecule has 0 amide bonds. The number of hydrogen-bond acceptors (Lipinski definition) is 7. The van der Waals surface area contributed by atoms with E-state index in [-0.39, 0.29) is 12.4 Å². The molecular formula is C21H17F2N5O2. The quantitative estimate of drug-likeness (QED) is 0.499. The van der Waals surface area contributed by atoms with Gasteiger partial charge in [-0.25, -0.2) is 18.7 Å². The van der Waals surface area contributed by atoms with Crippen molar-refractivity contribution in [1.82, 2.24) is 15.1 Å². The first kappa shape index (κ1) is 19.3. The number of rotatable bonds is 6. The molecule has 1 aromatic carbocycles. The van der Waals surface area contributed by atoms with Crippen molar-refractivity contribution in [2.24, 2.45) is 0 Å². The normalized spacial score (nSPS) is 10.9. The number of benzene rings is 1. The van der Waals surface area contributed by atoms with E-state index >= 15 is 0 Å². The Kier molecular flexibility index (Phi) is 5.25. The van der Waals surface area contributed by atoms with Crippen molar-refractivity contribution in [2.45, 2.75) is 13.0 Å². The molecule has 0 saturated carbocycles. The van der Waals surface area contributed by atoms with Gasteiger partial charge in [0.25, 0.3) is 0 Å². The van der Waals surface area contributed by atoms with Gasteiger partial charge in [0.2, 0.25) is 5.88 Å². The Balaban J connectivity index is 1.39. The maximum atomic E-state index is 13.2. The number of nitrogens with zero attached hydrogens (tertiary/aromatic N) is 3. The highest BCUT2D eigenvalue weighted by molar-refractivity contribution is 5.71. The highest BCUT2D eigenvalue weighted by Crippen LogP contribution is 2.26. The van der Waals surface area contributed by atoms with E-state index in [1.54, 1.807) is 30.5 Å². The number of pyridine rings is 2. The standard InChI is InChI=1S/C21H17F2N5O2/c22-16-4-1-13(8-17(16)23)11-29-20-6-2-12(10-26-20)7-14-9-18(30-28-14)15-3-5-19(24)27-21(15)25/h1-6,8-10H,7,11H2,(H4,24,25,27). The molecule has 30 heavy (non-hydrogen) atoms. The molecule has 4 rings (SSSR count). The van der Waals surface area contributed by atoms with Gasteiger partial charge in [0.15, 0.2) is 17.4 Å². The number of nitrogens with two attached hydrogens (primary N) is 2. The van der Waals surface area contributed by atoms with Crippen LogP contribution in [0, 0.1) is 11.6 Å². The molecule has 3 heterocycles. The van der Waals surface area contributed by atoms with Crippen LogP contribution in [0.4, 0.5) is 20.4 Å². The molecule has 7 nitrogen and oxygen atoms in total. The second-order valence-electron chi connectivity index (χ2n) is 6.57. The SMILES string of the molecule is Nc1ccc(-c2cc(Cc3ccc(OCc4ccc(F)c(F)c4)nc3)no2)c(N)n1. The number of anilines is 2. The molecule has 0 aliphatic carbocycles. The van der Waals surface area contributed by atoms with Crippen molar-refractivity contribution >= 4 is 11.6 Å². The molecule has 0 aliphatic rings. The maximum Gasteiger partial charge on any atom is 0.213 e. The van der Waals surface area contributed by atoms with Crippen LogP contribution in [0.2, 0.25) is 0 Å². The summed E-state index contributed by atoms with van der Waals surface area (Å²) < 4.78 is 37.1. The predicted octanol–water partition coefficient (Wildman–Crippen LogP) is 3.74. The van der Waals surface area contributed by atoms with Gasteiger partial charge >= 0.3 is 0 Å². The molecule has 0 fully saturated rings. The van der Waals surface area contributed by atoms with Gasteiger partial charge in [0, 0.05) is 24.8 Å². The largest absolute Gasteiger partial charge is 0.473 e. The van der Waals surface area contributed by atoms with Crippen molar-refractivity contribution in [2.75, 3.05) is 11.5 Å². The zero-order chi connectivity index (χ0) is 21.1. The van der Waals surface area contributed by atoms with Gasteiger partial charge in [-0.3, -0.25) is 0 Å². The van der Waals surface area contributed by atoms with Gasteiger partial charge in [-0.2, -0.15) is 0 Å². The van der Waals surface area contributed by atoms with Crippen LogP contribution in [-0.4, -0.2) is 15.1 Å². The van der Waals surface area contributed by atoms with Crippen LogP contribution in [0.5, 0.6) is 5.88 Å². The summed E-state index contributed by atoms with van der Waals surface area (Å²) in [6.07, 6.45) is 2.14. The molecule has 9 heteroatoms. The fourth-order valence-corrected chi connectivity index (χ4v) is 2.82. The van der Waals surface area contributed by atoms with Gasteiger partial charge in [-0.15, -0.1) is 0 Å². The zero-order valence-electron chi connectivity index (χ0n) is 15.7. The van der Waals surface area contributed by atoms with E-state index in [4.69, 9.17) is 20.7 Å². The summed E-state index contributed by atoms with van der Waals surface area (Å²) in [6, 6.07) is 12.3. The van der Waals surface area contributed by atoms with Gasteiger partial charge in [-0.05, 0) is 35.4 Å². The lowest BCUT2D eigenvalue weighted by atomic mass is 10.1. The summed E-state index contributed by atoms with van der Waals surface area (Å²) in [5.41, 5.74) is 14.2. The van der Waals surface area contributed by atoms with E-state index in [0.717, 1.165) is 17.7 Å². The molecule has 0 spiro atoms. The molecule has 0 aliphatic heterocycles. The molecule has 152 valence electrons. The van der Waals surface area contributed by atoms with Gasteiger partial charge in [0.1, 0.15) is 18.2 Å². The van der Waals surface area contributed by atoms with Gasteiger partial charge in [-0.1, -0.05) is 17.3 Å². The van der Waals surface area contributed by atoms with E-state index in [1.165, 1.54) is 6.07 Å². The maximum absolute atomic E-state index is 13.2. The molecule has 0 atom stereocenters. The van der Waals surface area contributed by atoms with E-state index in [2.05, 4.69) is 15.1 Å². The molecule has 4 aromatic rings. The summed E-state index contributed by atoms with van der Waals surface area (Å²) in [5.74, 6) is -0.356. The van der Waals surface area contributed by atoms with Crippen LogP contribution in [-0.2, 0) is 13.0 Å². The second kappa shape index (κ2) is 8.16. The Morgan fingerprint density at radius 2 is 1.77 bits per heavy atom. The number of aromatic nitrogens is 3. The monoisotopic (exact) mass is 409 g/mol. The van der Waals surface area contributed by atoms with Crippen LogP contribution in [0.25, 0.3) is 11.3 Å².